The van der Waals surface area contributed by atoms with Crippen LogP contribution in [0.25, 0.3) is 0 Å². The highest BCUT2D eigenvalue weighted by molar-refractivity contribution is 7.91. The summed E-state index contributed by atoms with van der Waals surface area (Å²) in [6.45, 7) is 4.48. The predicted octanol–water partition coefficient (Wildman–Crippen LogP) is 2.65. The van der Waals surface area contributed by atoms with Crippen molar-refractivity contribution in [2.24, 2.45) is 11.8 Å². The van der Waals surface area contributed by atoms with E-state index < -0.39 is 10.0 Å². The van der Waals surface area contributed by atoms with Gasteiger partial charge < -0.3 is 5.11 Å². The zero-order chi connectivity index (χ0) is 14.8. The first-order valence-electron chi connectivity index (χ1n) is 7.12. The van der Waals surface area contributed by atoms with E-state index in [4.69, 9.17) is 5.11 Å². The van der Waals surface area contributed by atoms with E-state index in [9.17, 15) is 8.42 Å². The van der Waals surface area contributed by atoms with Crippen LogP contribution in [0.5, 0.6) is 0 Å². The van der Waals surface area contributed by atoms with Gasteiger partial charge >= 0.3 is 0 Å². The van der Waals surface area contributed by atoms with E-state index in [1.807, 2.05) is 6.92 Å². The Hall–Kier alpha value is -0.430. The van der Waals surface area contributed by atoms with Crippen LogP contribution in [0.4, 0.5) is 0 Å². The van der Waals surface area contributed by atoms with Crippen molar-refractivity contribution in [2.75, 3.05) is 6.54 Å². The van der Waals surface area contributed by atoms with Gasteiger partial charge in [-0.05, 0) is 43.2 Å². The lowest BCUT2D eigenvalue weighted by molar-refractivity contribution is 0.283. The van der Waals surface area contributed by atoms with Gasteiger partial charge in [0, 0.05) is 11.4 Å². The largest absolute Gasteiger partial charge is 0.391 e. The fraction of sp³-hybridized carbons (Fsp3) is 0.714. The molecule has 0 saturated heterocycles. The van der Waals surface area contributed by atoms with Gasteiger partial charge in [0.1, 0.15) is 4.21 Å². The second-order valence-electron chi connectivity index (χ2n) is 5.82. The van der Waals surface area contributed by atoms with Gasteiger partial charge in [0.15, 0.2) is 0 Å². The maximum Gasteiger partial charge on any atom is 0.250 e. The molecule has 0 aliphatic heterocycles. The summed E-state index contributed by atoms with van der Waals surface area (Å²) in [7, 11) is -3.43. The van der Waals surface area contributed by atoms with Crippen molar-refractivity contribution >= 4 is 21.4 Å². The van der Waals surface area contributed by atoms with Gasteiger partial charge in [-0.15, -0.1) is 11.3 Å². The average Bonchev–Trinajstić information content (AvgIpc) is 2.79. The fourth-order valence-electron chi connectivity index (χ4n) is 2.82. The van der Waals surface area contributed by atoms with Crippen LogP contribution >= 0.6 is 11.3 Å². The van der Waals surface area contributed by atoms with Crippen LogP contribution in [0.15, 0.2) is 10.3 Å². The molecule has 20 heavy (non-hydrogen) atoms. The molecule has 2 atom stereocenters. The number of hydrogen-bond acceptors (Lipinski definition) is 4. The molecule has 0 spiro atoms. The number of aryl methyl sites for hydroxylation is 1. The molecule has 1 aromatic heterocycles. The van der Waals surface area contributed by atoms with Gasteiger partial charge in [0.05, 0.1) is 6.61 Å². The number of aliphatic hydroxyl groups is 1. The molecule has 1 aliphatic rings. The molecule has 114 valence electrons. The Morgan fingerprint density at radius 3 is 2.80 bits per heavy atom. The van der Waals surface area contributed by atoms with E-state index in [0.717, 1.165) is 34.6 Å². The summed E-state index contributed by atoms with van der Waals surface area (Å²) < 4.78 is 27.6. The van der Waals surface area contributed by atoms with Crippen molar-refractivity contribution in [2.45, 2.75) is 50.3 Å². The predicted molar refractivity (Wildman–Crippen MR) is 81.3 cm³/mol. The molecule has 2 rings (SSSR count). The smallest absolute Gasteiger partial charge is 0.250 e. The molecule has 1 saturated carbocycles. The summed E-state index contributed by atoms with van der Waals surface area (Å²) in [5.41, 5.74) is 0.837. The Kier molecular flexibility index (Phi) is 5.23. The van der Waals surface area contributed by atoms with Gasteiger partial charge in [-0.25, -0.2) is 13.1 Å². The van der Waals surface area contributed by atoms with E-state index in [0.29, 0.717) is 22.6 Å². The second kappa shape index (κ2) is 6.56. The van der Waals surface area contributed by atoms with E-state index in [1.54, 1.807) is 6.07 Å². The van der Waals surface area contributed by atoms with Gasteiger partial charge in [0.25, 0.3) is 0 Å². The maximum atomic E-state index is 12.3. The van der Waals surface area contributed by atoms with E-state index in [2.05, 4.69) is 11.6 Å². The zero-order valence-electron chi connectivity index (χ0n) is 12.1. The highest BCUT2D eigenvalue weighted by Crippen LogP contribution is 2.29. The minimum absolute atomic E-state index is 0.105. The summed E-state index contributed by atoms with van der Waals surface area (Å²) in [5, 5.41) is 9.16. The highest BCUT2D eigenvalue weighted by Gasteiger charge is 2.23. The molecule has 0 radical (unpaired) electrons. The first-order valence-corrected chi connectivity index (χ1v) is 9.42. The molecular formula is C14H23NO3S2. The number of rotatable bonds is 5. The molecule has 0 bridgehead atoms. The van der Waals surface area contributed by atoms with Crippen molar-refractivity contribution in [1.82, 2.24) is 4.72 Å². The normalized spacial score (nSPS) is 23.9. The summed E-state index contributed by atoms with van der Waals surface area (Å²) >= 11 is 1.15. The number of hydrogen-bond donors (Lipinski definition) is 2. The van der Waals surface area contributed by atoms with Crippen molar-refractivity contribution in [3.05, 3.63) is 16.5 Å². The van der Waals surface area contributed by atoms with Crippen LogP contribution in [-0.2, 0) is 16.6 Å². The van der Waals surface area contributed by atoms with E-state index in [-0.39, 0.29) is 6.61 Å². The molecule has 1 aliphatic carbocycles. The number of nitrogens with one attached hydrogen (secondary N) is 1. The molecule has 6 heteroatoms. The van der Waals surface area contributed by atoms with Gasteiger partial charge in [-0.1, -0.05) is 19.8 Å². The number of aliphatic hydroxyl groups excluding tert-OH is 1. The lowest BCUT2D eigenvalue weighted by Gasteiger charge is -2.26. The van der Waals surface area contributed by atoms with E-state index >= 15 is 0 Å². The molecule has 1 aromatic rings. The SMILES string of the molecule is Cc1cc(S(=O)(=O)NCC2CCCC(C)C2)sc1CO. The average molecular weight is 317 g/mol. The topological polar surface area (TPSA) is 66.4 Å². The molecule has 2 unspecified atom stereocenters. The minimum Gasteiger partial charge on any atom is -0.391 e. The Morgan fingerprint density at radius 1 is 1.45 bits per heavy atom. The standard InChI is InChI=1S/C14H23NO3S2/c1-10-4-3-5-12(6-10)8-15-20(17,18)14-7-11(2)13(9-16)19-14/h7,10,12,15-16H,3-6,8-9H2,1-2H3. The molecular weight excluding hydrogens is 294 g/mol. The zero-order valence-corrected chi connectivity index (χ0v) is 13.7. The van der Waals surface area contributed by atoms with E-state index in [1.165, 1.54) is 12.8 Å². The Morgan fingerprint density at radius 2 is 2.20 bits per heavy atom. The van der Waals surface area contributed by atoms with Crippen LogP contribution in [0, 0.1) is 18.8 Å². The Balaban J connectivity index is 1.99. The third kappa shape index (κ3) is 3.81. The van der Waals surface area contributed by atoms with Gasteiger partial charge in [0.2, 0.25) is 10.0 Å². The van der Waals surface area contributed by atoms with Crippen LogP contribution in [0.1, 0.15) is 43.0 Å². The van der Waals surface area contributed by atoms with Gasteiger partial charge in [-0.2, -0.15) is 0 Å². The van der Waals surface area contributed by atoms with Crippen molar-refractivity contribution in [1.29, 1.82) is 0 Å². The second-order valence-corrected chi connectivity index (χ2v) is 8.95. The lowest BCUT2D eigenvalue weighted by Crippen LogP contribution is -2.31. The van der Waals surface area contributed by atoms with Crippen molar-refractivity contribution in [3.63, 3.8) is 0 Å². The fourth-order valence-corrected chi connectivity index (χ4v) is 5.43. The molecule has 0 amide bonds. The monoisotopic (exact) mass is 317 g/mol. The van der Waals surface area contributed by atoms with Crippen molar-refractivity contribution in [3.8, 4) is 0 Å². The Labute approximate surface area is 125 Å². The first-order chi connectivity index (χ1) is 9.42. The summed E-state index contributed by atoms with van der Waals surface area (Å²) in [6, 6.07) is 1.64. The van der Waals surface area contributed by atoms with Crippen molar-refractivity contribution < 1.29 is 13.5 Å². The van der Waals surface area contributed by atoms with Crippen LogP contribution in [0.3, 0.4) is 0 Å². The quantitative estimate of drug-likeness (QED) is 0.877. The third-order valence-electron chi connectivity index (χ3n) is 4.01. The van der Waals surface area contributed by atoms with Crippen LogP contribution < -0.4 is 4.72 Å². The molecule has 1 fully saturated rings. The lowest BCUT2D eigenvalue weighted by atomic mass is 9.83. The highest BCUT2D eigenvalue weighted by atomic mass is 32.2. The summed E-state index contributed by atoms with van der Waals surface area (Å²) in [5.74, 6) is 1.15. The van der Waals surface area contributed by atoms with Gasteiger partial charge in [-0.3, -0.25) is 0 Å². The molecule has 4 nitrogen and oxygen atoms in total. The molecule has 0 aromatic carbocycles. The summed E-state index contributed by atoms with van der Waals surface area (Å²) in [4.78, 5) is 0.719. The molecule has 2 N–H and O–H groups in total. The third-order valence-corrected chi connectivity index (χ3v) is 7.13. The molecule has 1 heterocycles. The number of thiophene rings is 1. The van der Waals surface area contributed by atoms with Crippen LogP contribution in [0.2, 0.25) is 0 Å². The Bertz CT molecular complexity index is 551. The first kappa shape index (κ1) is 15.9. The summed E-state index contributed by atoms with van der Waals surface area (Å²) in [6.07, 6.45) is 4.67. The minimum atomic E-state index is -3.43. The number of sulfonamides is 1. The van der Waals surface area contributed by atoms with Crippen LogP contribution in [-0.4, -0.2) is 20.1 Å². The maximum absolute atomic E-state index is 12.3.